The fraction of sp³-hybridized carbons (Fsp3) is 0.471. The monoisotopic (exact) mass is 318 g/mol. The molecule has 2 atom stereocenters. The first kappa shape index (κ1) is 17.0. The van der Waals surface area contributed by atoms with Crippen LogP contribution in [0.25, 0.3) is 0 Å². The van der Waals surface area contributed by atoms with Gasteiger partial charge in [-0.3, -0.25) is 9.59 Å². The van der Waals surface area contributed by atoms with E-state index in [1.165, 1.54) is 6.92 Å². The quantitative estimate of drug-likeness (QED) is 0.850. The summed E-state index contributed by atoms with van der Waals surface area (Å²) in [6.07, 6.45) is 1.67. The number of carboxylic acid groups (broad SMARTS) is 1. The average molecular weight is 318 g/mol. The first-order valence-corrected chi connectivity index (χ1v) is 7.80. The van der Waals surface area contributed by atoms with Gasteiger partial charge in [0.2, 0.25) is 11.8 Å². The summed E-state index contributed by atoms with van der Waals surface area (Å²) in [5.74, 6) is -1.74. The number of amides is 2. The molecular formula is C17H22N2O4. The molecule has 0 radical (unpaired) electrons. The van der Waals surface area contributed by atoms with E-state index in [2.05, 4.69) is 5.32 Å². The molecule has 0 saturated carbocycles. The predicted molar refractivity (Wildman–Crippen MR) is 84.7 cm³/mol. The van der Waals surface area contributed by atoms with Crippen molar-refractivity contribution in [3.63, 3.8) is 0 Å². The normalized spacial score (nSPS) is 19.0. The summed E-state index contributed by atoms with van der Waals surface area (Å²) in [4.78, 5) is 36.9. The van der Waals surface area contributed by atoms with Gasteiger partial charge in [0.05, 0.1) is 5.92 Å². The molecule has 1 aliphatic heterocycles. The molecule has 0 aromatic heterocycles. The van der Waals surface area contributed by atoms with Crippen molar-refractivity contribution in [2.75, 3.05) is 13.1 Å². The van der Waals surface area contributed by atoms with Crippen molar-refractivity contribution in [1.82, 2.24) is 10.2 Å². The van der Waals surface area contributed by atoms with Gasteiger partial charge in [0, 0.05) is 26.4 Å². The lowest BCUT2D eigenvalue weighted by Gasteiger charge is -2.31. The number of carboxylic acids is 1. The molecule has 2 amide bonds. The molecular weight excluding hydrogens is 296 g/mol. The molecule has 1 heterocycles. The van der Waals surface area contributed by atoms with Crippen molar-refractivity contribution in [3.05, 3.63) is 35.9 Å². The summed E-state index contributed by atoms with van der Waals surface area (Å²) in [5.41, 5.74) is 0.856. The minimum absolute atomic E-state index is 0.0541. The van der Waals surface area contributed by atoms with E-state index in [9.17, 15) is 19.5 Å². The van der Waals surface area contributed by atoms with Crippen LogP contribution in [-0.4, -0.2) is 46.9 Å². The molecule has 1 aromatic carbocycles. The number of nitrogens with one attached hydrogen (secondary N) is 1. The van der Waals surface area contributed by atoms with Crippen LogP contribution >= 0.6 is 0 Å². The number of hydrogen-bond donors (Lipinski definition) is 2. The predicted octanol–water partition coefficient (Wildman–Crippen LogP) is 1.06. The maximum absolute atomic E-state index is 12.4. The van der Waals surface area contributed by atoms with Crippen molar-refractivity contribution in [2.45, 2.75) is 32.2 Å². The molecule has 124 valence electrons. The number of nitrogens with zero attached hydrogens (tertiary/aromatic N) is 1. The lowest BCUT2D eigenvalue weighted by Crippen LogP contribution is -2.49. The lowest BCUT2D eigenvalue weighted by molar-refractivity contribution is -0.143. The van der Waals surface area contributed by atoms with Gasteiger partial charge in [-0.1, -0.05) is 30.3 Å². The first-order valence-electron chi connectivity index (χ1n) is 7.80. The third kappa shape index (κ3) is 4.81. The number of hydrogen-bond acceptors (Lipinski definition) is 3. The lowest BCUT2D eigenvalue weighted by atomic mass is 9.96. The van der Waals surface area contributed by atoms with E-state index in [4.69, 9.17) is 0 Å². The fourth-order valence-electron chi connectivity index (χ4n) is 2.82. The Morgan fingerprint density at radius 1 is 1.30 bits per heavy atom. The summed E-state index contributed by atoms with van der Waals surface area (Å²) >= 11 is 0. The summed E-state index contributed by atoms with van der Waals surface area (Å²) < 4.78 is 0. The Balaban J connectivity index is 1.98. The fourth-order valence-corrected chi connectivity index (χ4v) is 2.82. The van der Waals surface area contributed by atoms with Crippen molar-refractivity contribution in [1.29, 1.82) is 0 Å². The Labute approximate surface area is 135 Å². The third-order valence-corrected chi connectivity index (χ3v) is 4.13. The summed E-state index contributed by atoms with van der Waals surface area (Å²) in [6, 6.07) is 8.23. The van der Waals surface area contributed by atoms with Crippen LogP contribution in [-0.2, 0) is 20.8 Å². The van der Waals surface area contributed by atoms with E-state index in [1.54, 1.807) is 4.90 Å². The number of aliphatic carboxylic acids is 1. The molecule has 1 fully saturated rings. The first-order chi connectivity index (χ1) is 11.0. The highest BCUT2D eigenvalue weighted by atomic mass is 16.4. The molecule has 23 heavy (non-hydrogen) atoms. The van der Waals surface area contributed by atoms with Gasteiger partial charge in [0.1, 0.15) is 6.04 Å². The molecule has 6 heteroatoms. The van der Waals surface area contributed by atoms with Gasteiger partial charge in [-0.2, -0.15) is 0 Å². The van der Waals surface area contributed by atoms with Crippen LogP contribution in [0, 0.1) is 5.92 Å². The van der Waals surface area contributed by atoms with Crippen LogP contribution in [0.15, 0.2) is 30.3 Å². The van der Waals surface area contributed by atoms with E-state index < -0.39 is 12.0 Å². The smallest absolute Gasteiger partial charge is 0.326 e. The summed E-state index contributed by atoms with van der Waals surface area (Å²) in [5, 5.41) is 12.0. The van der Waals surface area contributed by atoms with Crippen molar-refractivity contribution in [3.8, 4) is 0 Å². The second-order valence-corrected chi connectivity index (χ2v) is 5.89. The minimum atomic E-state index is -1.05. The number of piperidine rings is 1. The van der Waals surface area contributed by atoms with Gasteiger partial charge in [0.15, 0.2) is 0 Å². The Bertz CT molecular complexity index is 573. The van der Waals surface area contributed by atoms with Crippen LogP contribution in [0.1, 0.15) is 25.3 Å². The maximum atomic E-state index is 12.4. The molecule has 1 unspecified atom stereocenters. The highest BCUT2D eigenvalue weighted by Crippen LogP contribution is 2.17. The van der Waals surface area contributed by atoms with Crippen LogP contribution in [0.3, 0.4) is 0 Å². The molecule has 0 aliphatic carbocycles. The minimum Gasteiger partial charge on any atom is -0.480 e. The number of carbonyl (C=O) groups excluding carboxylic acids is 2. The van der Waals surface area contributed by atoms with E-state index in [1.807, 2.05) is 30.3 Å². The second kappa shape index (κ2) is 7.76. The molecule has 0 bridgehead atoms. The number of likely N-dealkylation sites (tertiary alicyclic amines) is 1. The van der Waals surface area contributed by atoms with Gasteiger partial charge < -0.3 is 15.3 Å². The summed E-state index contributed by atoms with van der Waals surface area (Å²) in [7, 11) is 0. The largest absolute Gasteiger partial charge is 0.480 e. The topological polar surface area (TPSA) is 86.7 Å². The van der Waals surface area contributed by atoms with E-state index in [0.717, 1.165) is 12.0 Å². The van der Waals surface area contributed by atoms with Gasteiger partial charge in [-0.05, 0) is 18.4 Å². The molecule has 2 N–H and O–H groups in total. The number of benzene rings is 1. The molecule has 1 aliphatic rings. The highest BCUT2D eigenvalue weighted by molar-refractivity contribution is 5.86. The van der Waals surface area contributed by atoms with E-state index >= 15 is 0 Å². The average Bonchev–Trinajstić information content (AvgIpc) is 2.55. The SMILES string of the molecule is CC(=O)N1CCCC(C(=O)N[C@H](Cc2ccccc2)C(=O)O)C1. The van der Waals surface area contributed by atoms with Crippen LogP contribution in [0.5, 0.6) is 0 Å². The number of carbonyl (C=O) groups is 3. The third-order valence-electron chi connectivity index (χ3n) is 4.13. The molecule has 2 rings (SSSR count). The van der Waals surface area contributed by atoms with Crippen molar-refractivity contribution in [2.24, 2.45) is 5.92 Å². The van der Waals surface area contributed by atoms with E-state index in [-0.39, 0.29) is 24.2 Å². The standard InChI is InChI=1S/C17H22N2O4/c1-12(20)19-9-5-8-14(11-19)16(21)18-15(17(22)23)10-13-6-3-2-4-7-13/h2-4,6-7,14-15H,5,8-11H2,1H3,(H,18,21)(H,22,23)/t14?,15-/m1/s1. The van der Waals surface area contributed by atoms with Crippen LogP contribution in [0.4, 0.5) is 0 Å². The Hall–Kier alpha value is -2.37. The van der Waals surface area contributed by atoms with Gasteiger partial charge in [-0.15, -0.1) is 0 Å². The Morgan fingerprint density at radius 2 is 2.00 bits per heavy atom. The van der Waals surface area contributed by atoms with Crippen LogP contribution < -0.4 is 5.32 Å². The van der Waals surface area contributed by atoms with Crippen molar-refractivity contribution < 1.29 is 19.5 Å². The molecule has 1 aromatic rings. The zero-order chi connectivity index (χ0) is 16.8. The molecule has 6 nitrogen and oxygen atoms in total. The highest BCUT2D eigenvalue weighted by Gasteiger charge is 2.30. The number of rotatable bonds is 5. The van der Waals surface area contributed by atoms with Gasteiger partial charge in [-0.25, -0.2) is 4.79 Å². The molecule has 1 saturated heterocycles. The van der Waals surface area contributed by atoms with Crippen molar-refractivity contribution >= 4 is 17.8 Å². The zero-order valence-corrected chi connectivity index (χ0v) is 13.2. The van der Waals surface area contributed by atoms with Gasteiger partial charge in [0.25, 0.3) is 0 Å². The Kier molecular flexibility index (Phi) is 5.73. The van der Waals surface area contributed by atoms with E-state index in [0.29, 0.717) is 19.5 Å². The van der Waals surface area contributed by atoms with Crippen LogP contribution in [0.2, 0.25) is 0 Å². The summed E-state index contributed by atoms with van der Waals surface area (Å²) in [6.45, 7) is 2.50. The second-order valence-electron chi connectivity index (χ2n) is 5.89. The zero-order valence-electron chi connectivity index (χ0n) is 13.2. The maximum Gasteiger partial charge on any atom is 0.326 e. The Morgan fingerprint density at radius 3 is 2.61 bits per heavy atom. The molecule has 0 spiro atoms. The van der Waals surface area contributed by atoms with Gasteiger partial charge >= 0.3 is 5.97 Å².